The molecule has 0 amide bonds. The molecule has 3 N–H and O–H groups in total. The van der Waals surface area contributed by atoms with Crippen LogP contribution in [0.1, 0.15) is 49.3 Å². The summed E-state index contributed by atoms with van der Waals surface area (Å²) in [6.07, 6.45) is 1.10. The van der Waals surface area contributed by atoms with Crippen LogP contribution in [-0.2, 0) is 10.5 Å². The number of carbonyl (C=O) groups is 1. The largest absolute Gasteiger partial charge is 0.508 e. The average Bonchev–Trinajstić information content (AvgIpc) is 2.76. The third kappa shape index (κ3) is 4.20. The van der Waals surface area contributed by atoms with Gasteiger partial charge in [-0.1, -0.05) is 68.1 Å². The fourth-order valence-corrected chi connectivity index (χ4v) is 5.54. The second-order valence-electron chi connectivity index (χ2n) is 9.39. The van der Waals surface area contributed by atoms with Gasteiger partial charge in [0, 0.05) is 29.4 Å². The quantitative estimate of drug-likeness (QED) is 0.377. The van der Waals surface area contributed by atoms with E-state index in [1.54, 1.807) is 18.2 Å². The molecule has 1 unspecified atom stereocenters. The summed E-state index contributed by atoms with van der Waals surface area (Å²) < 4.78 is 0. The second-order valence-corrected chi connectivity index (χ2v) is 10.4. The second kappa shape index (κ2) is 8.23. The number of H-pyrrole nitrogens is 1. The Labute approximate surface area is 196 Å². The van der Waals surface area contributed by atoms with Crippen LogP contribution in [0, 0.1) is 5.41 Å². The van der Waals surface area contributed by atoms with E-state index in [9.17, 15) is 14.7 Å². The summed E-state index contributed by atoms with van der Waals surface area (Å²) in [7, 11) is 0. The molecule has 7 heteroatoms. The molecule has 168 valence electrons. The predicted molar refractivity (Wildman–Crippen MR) is 129 cm³/mol. The zero-order valence-corrected chi connectivity index (χ0v) is 19.3. The number of Topliss-reactive ketones (excluding diaryl/α,β-unsaturated/α-hetero) is 1. The summed E-state index contributed by atoms with van der Waals surface area (Å²) in [5.74, 6) is 0.702. The normalized spacial score (nSPS) is 19.0. The molecule has 0 fully saturated rings. The first-order chi connectivity index (χ1) is 15.8. The summed E-state index contributed by atoms with van der Waals surface area (Å²) in [6, 6.07) is 16.8. The highest BCUT2D eigenvalue weighted by Crippen LogP contribution is 2.48. The highest BCUT2D eigenvalue weighted by atomic mass is 32.2. The van der Waals surface area contributed by atoms with E-state index in [1.807, 2.05) is 36.4 Å². The minimum Gasteiger partial charge on any atom is -0.508 e. The van der Waals surface area contributed by atoms with E-state index < -0.39 is 5.92 Å². The molecule has 1 atom stereocenters. The Morgan fingerprint density at radius 3 is 2.64 bits per heavy atom. The summed E-state index contributed by atoms with van der Waals surface area (Å²) in [5.41, 5.74) is 3.21. The molecule has 2 aliphatic rings. The van der Waals surface area contributed by atoms with E-state index >= 15 is 0 Å². The molecule has 0 radical (unpaired) electrons. The van der Waals surface area contributed by atoms with Gasteiger partial charge in [-0.2, -0.15) is 0 Å². The zero-order valence-electron chi connectivity index (χ0n) is 18.5. The molecule has 1 aliphatic carbocycles. The zero-order chi connectivity index (χ0) is 23.2. The van der Waals surface area contributed by atoms with Gasteiger partial charge in [0.2, 0.25) is 0 Å². The van der Waals surface area contributed by atoms with Gasteiger partial charge in [0.15, 0.2) is 10.9 Å². The number of anilines is 1. The number of fused-ring (bicyclic) bond motifs is 1. The third-order valence-corrected chi connectivity index (χ3v) is 7.07. The van der Waals surface area contributed by atoms with Crippen molar-refractivity contribution in [3.8, 4) is 5.75 Å². The van der Waals surface area contributed by atoms with E-state index in [-0.39, 0.29) is 22.5 Å². The average molecular weight is 460 g/mol. The van der Waals surface area contributed by atoms with Gasteiger partial charge >= 0.3 is 0 Å². The standard InChI is InChI=1S/C26H25N3O3S/c1-26(2)12-18-21(19(31)13-26)20(16-9-6-10-17(30)11-16)22-23(27-18)28-25(29-24(22)32)33-14-15-7-4-3-5-8-15/h3-11,20,30H,12-14H2,1-2H3,(H2,27,28,29,32). The number of phenolic OH excluding ortho intramolecular Hbond substituents is 1. The maximum atomic E-state index is 13.3. The molecule has 1 aromatic heterocycles. The number of thioether (sulfide) groups is 1. The number of allylic oxidation sites excluding steroid dienone is 2. The Hall–Kier alpha value is -3.32. The summed E-state index contributed by atoms with van der Waals surface area (Å²) in [6.45, 7) is 4.14. The van der Waals surface area contributed by atoms with E-state index in [0.29, 0.717) is 46.3 Å². The number of aromatic hydroxyl groups is 1. The lowest BCUT2D eigenvalue weighted by Crippen LogP contribution is -2.37. The van der Waals surface area contributed by atoms with E-state index in [2.05, 4.69) is 24.1 Å². The number of nitrogens with one attached hydrogen (secondary N) is 2. The minimum atomic E-state index is -0.573. The van der Waals surface area contributed by atoms with Crippen molar-refractivity contribution in [2.45, 2.75) is 43.5 Å². The number of carbonyl (C=O) groups excluding carboxylic acids is 1. The SMILES string of the molecule is CC1(C)CC(=O)C2=C(C1)Nc1nc(SCc3ccccc3)[nH]c(=O)c1C2c1cccc(O)c1. The van der Waals surface area contributed by atoms with Crippen molar-refractivity contribution in [1.82, 2.24) is 9.97 Å². The van der Waals surface area contributed by atoms with Gasteiger partial charge in [0.1, 0.15) is 11.6 Å². The number of benzene rings is 2. The van der Waals surface area contributed by atoms with E-state index in [4.69, 9.17) is 4.98 Å². The van der Waals surface area contributed by atoms with Crippen molar-refractivity contribution in [1.29, 1.82) is 0 Å². The third-order valence-electron chi connectivity index (χ3n) is 6.12. The molecule has 0 spiro atoms. The van der Waals surface area contributed by atoms with Crippen LogP contribution in [0.25, 0.3) is 0 Å². The van der Waals surface area contributed by atoms with Crippen LogP contribution in [0.2, 0.25) is 0 Å². The van der Waals surface area contributed by atoms with Gasteiger partial charge in [-0.25, -0.2) is 4.98 Å². The first kappa shape index (κ1) is 21.5. The van der Waals surface area contributed by atoms with Crippen LogP contribution in [0.3, 0.4) is 0 Å². The number of aromatic amines is 1. The van der Waals surface area contributed by atoms with Crippen LogP contribution in [0.4, 0.5) is 5.82 Å². The molecule has 33 heavy (non-hydrogen) atoms. The number of nitrogens with zero attached hydrogens (tertiary/aromatic N) is 1. The Balaban J connectivity index is 1.60. The molecule has 5 rings (SSSR count). The van der Waals surface area contributed by atoms with Gasteiger partial charge in [-0.05, 0) is 35.1 Å². The summed E-state index contributed by atoms with van der Waals surface area (Å²) in [4.78, 5) is 34.2. The number of hydrogen-bond acceptors (Lipinski definition) is 6. The number of ketones is 1. The molecular weight excluding hydrogens is 434 g/mol. The molecule has 0 bridgehead atoms. The van der Waals surface area contributed by atoms with Crippen LogP contribution in [-0.4, -0.2) is 20.9 Å². The Morgan fingerprint density at radius 2 is 1.88 bits per heavy atom. The smallest absolute Gasteiger partial charge is 0.257 e. The van der Waals surface area contributed by atoms with Crippen molar-refractivity contribution < 1.29 is 9.90 Å². The van der Waals surface area contributed by atoms with Crippen LogP contribution in [0.15, 0.2) is 75.8 Å². The van der Waals surface area contributed by atoms with Crippen molar-refractivity contribution in [2.24, 2.45) is 5.41 Å². The van der Waals surface area contributed by atoms with Crippen molar-refractivity contribution in [2.75, 3.05) is 5.32 Å². The lowest BCUT2D eigenvalue weighted by atomic mass is 9.69. The predicted octanol–water partition coefficient (Wildman–Crippen LogP) is 4.97. The first-order valence-corrected chi connectivity index (χ1v) is 11.9. The van der Waals surface area contributed by atoms with Gasteiger partial charge in [0.25, 0.3) is 5.56 Å². The molecular formula is C26H25N3O3S. The lowest BCUT2D eigenvalue weighted by Gasteiger charge is -2.38. The molecule has 0 saturated heterocycles. The maximum absolute atomic E-state index is 13.3. The number of rotatable bonds is 4. The first-order valence-electron chi connectivity index (χ1n) is 10.9. The van der Waals surface area contributed by atoms with Crippen molar-refractivity contribution in [3.63, 3.8) is 0 Å². The number of hydrogen-bond donors (Lipinski definition) is 3. The minimum absolute atomic E-state index is 0.0228. The molecule has 2 aromatic carbocycles. The van der Waals surface area contributed by atoms with Crippen molar-refractivity contribution >= 4 is 23.4 Å². The topological polar surface area (TPSA) is 95.1 Å². The van der Waals surface area contributed by atoms with Gasteiger partial charge in [-0.3, -0.25) is 9.59 Å². The summed E-state index contributed by atoms with van der Waals surface area (Å²) >= 11 is 1.46. The number of phenols is 1. The van der Waals surface area contributed by atoms with Crippen molar-refractivity contribution in [3.05, 3.63) is 92.9 Å². The highest BCUT2D eigenvalue weighted by molar-refractivity contribution is 7.98. The fraction of sp³-hybridized carbons (Fsp3) is 0.269. The Bertz CT molecular complexity index is 1330. The molecule has 3 aromatic rings. The lowest BCUT2D eigenvalue weighted by molar-refractivity contribution is -0.118. The number of aromatic nitrogens is 2. The molecule has 0 saturated carbocycles. The fourth-order valence-electron chi connectivity index (χ4n) is 4.73. The van der Waals surface area contributed by atoms with Gasteiger partial charge in [0.05, 0.1) is 5.56 Å². The molecule has 6 nitrogen and oxygen atoms in total. The molecule has 2 heterocycles. The highest BCUT2D eigenvalue weighted by Gasteiger charge is 2.42. The molecule has 1 aliphatic heterocycles. The van der Waals surface area contributed by atoms with Gasteiger partial charge in [-0.15, -0.1) is 0 Å². The van der Waals surface area contributed by atoms with E-state index in [0.717, 1.165) is 11.3 Å². The van der Waals surface area contributed by atoms with Crippen LogP contribution in [0.5, 0.6) is 5.75 Å². The maximum Gasteiger partial charge on any atom is 0.257 e. The monoisotopic (exact) mass is 459 g/mol. The Morgan fingerprint density at radius 1 is 1.09 bits per heavy atom. The Kier molecular flexibility index (Phi) is 5.37. The van der Waals surface area contributed by atoms with E-state index in [1.165, 1.54) is 11.8 Å². The summed E-state index contributed by atoms with van der Waals surface area (Å²) in [5, 5.41) is 14.0. The van der Waals surface area contributed by atoms with Crippen LogP contribution >= 0.6 is 11.8 Å². The van der Waals surface area contributed by atoms with Crippen LogP contribution < -0.4 is 10.9 Å². The van der Waals surface area contributed by atoms with Gasteiger partial charge < -0.3 is 15.4 Å².